The highest BCUT2D eigenvalue weighted by Gasteiger charge is 2.26. The lowest BCUT2D eigenvalue weighted by Gasteiger charge is -2.38. The summed E-state index contributed by atoms with van der Waals surface area (Å²) in [5.74, 6) is 0. The highest BCUT2D eigenvalue weighted by Crippen LogP contribution is 2.23. The minimum absolute atomic E-state index is 0.749. The summed E-state index contributed by atoms with van der Waals surface area (Å²) < 4.78 is 0. The predicted molar refractivity (Wildman–Crippen MR) is 91.8 cm³/mol. The number of hydrogen-bond donors (Lipinski definition) is 1. The molecule has 0 amide bonds. The Morgan fingerprint density at radius 3 is 2.43 bits per heavy atom. The second kappa shape index (κ2) is 8.30. The molecule has 1 heterocycles. The van der Waals surface area contributed by atoms with Crippen LogP contribution in [0.4, 0.5) is 0 Å². The van der Waals surface area contributed by atoms with E-state index in [1.807, 2.05) is 0 Å². The summed E-state index contributed by atoms with van der Waals surface area (Å²) in [6.45, 7) is 8.04. The van der Waals surface area contributed by atoms with Gasteiger partial charge in [-0.15, -0.1) is 0 Å². The van der Waals surface area contributed by atoms with Gasteiger partial charge in [0.15, 0.2) is 0 Å². The molecule has 1 aliphatic heterocycles. The summed E-state index contributed by atoms with van der Waals surface area (Å²) in [6, 6.07) is 2.29. The molecule has 1 N–H and O–H groups in total. The predicted octanol–water partition coefficient (Wildman–Crippen LogP) is 2.88. The average Bonchev–Trinajstić information content (AvgIpc) is 2.47. The summed E-state index contributed by atoms with van der Waals surface area (Å²) >= 11 is 0. The van der Waals surface area contributed by atoms with Crippen LogP contribution in [-0.4, -0.2) is 61.7 Å². The Morgan fingerprint density at radius 2 is 1.81 bits per heavy atom. The number of likely N-dealkylation sites (tertiary alicyclic amines) is 1. The van der Waals surface area contributed by atoms with E-state index in [0.717, 1.165) is 24.7 Å². The van der Waals surface area contributed by atoms with Crippen LogP contribution in [-0.2, 0) is 0 Å². The lowest BCUT2D eigenvalue weighted by molar-refractivity contribution is 0.165. The Balaban J connectivity index is 1.69. The van der Waals surface area contributed by atoms with E-state index in [1.54, 1.807) is 0 Å². The summed E-state index contributed by atoms with van der Waals surface area (Å²) in [4.78, 5) is 5.00. The van der Waals surface area contributed by atoms with Crippen molar-refractivity contribution in [1.29, 1.82) is 0 Å². The molecule has 0 aromatic rings. The van der Waals surface area contributed by atoms with Crippen LogP contribution in [0.3, 0.4) is 0 Å². The maximum absolute atomic E-state index is 3.96. The van der Waals surface area contributed by atoms with E-state index >= 15 is 0 Å². The smallest absolute Gasteiger partial charge is 0.0165 e. The number of allylic oxidation sites excluding steroid dienone is 1. The molecule has 21 heavy (non-hydrogen) atoms. The zero-order valence-electron chi connectivity index (χ0n) is 14.6. The molecule has 1 aliphatic carbocycles. The normalized spacial score (nSPS) is 28.8. The monoisotopic (exact) mass is 293 g/mol. The van der Waals surface area contributed by atoms with Crippen LogP contribution < -0.4 is 5.32 Å². The number of rotatable bonds is 5. The maximum atomic E-state index is 3.96. The van der Waals surface area contributed by atoms with Crippen molar-refractivity contribution < 1.29 is 0 Å². The van der Waals surface area contributed by atoms with Crippen molar-refractivity contribution in [3.05, 3.63) is 11.6 Å². The van der Waals surface area contributed by atoms with Gasteiger partial charge in [0.25, 0.3) is 0 Å². The van der Waals surface area contributed by atoms with Gasteiger partial charge in [-0.3, -0.25) is 4.90 Å². The largest absolute Gasteiger partial charge is 0.311 e. The van der Waals surface area contributed by atoms with E-state index in [4.69, 9.17) is 0 Å². The molecule has 1 saturated heterocycles. The summed E-state index contributed by atoms with van der Waals surface area (Å²) in [5.41, 5.74) is 1.44. The molecule has 2 fully saturated rings. The molecule has 1 saturated carbocycles. The minimum atomic E-state index is 0.749. The first-order valence-corrected chi connectivity index (χ1v) is 8.83. The standard InChI is InChI=1S/C18H35N3/c1-15(2)8-11-21-12-9-16(10-13-21)19-17-6-5-7-18(14-17)20(3)4/h8,16-19H,5-7,9-14H2,1-4H3/t17-,18-/m0/s1. The average molecular weight is 293 g/mol. The van der Waals surface area contributed by atoms with Crippen molar-refractivity contribution >= 4 is 0 Å². The van der Waals surface area contributed by atoms with Crippen LogP contribution in [0, 0.1) is 0 Å². The van der Waals surface area contributed by atoms with E-state index < -0.39 is 0 Å². The highest BCUT2D eigenvalue weighted by atomic mass is 15.1. The van der Waals surface area contributed by atoms with Gasteiger partial charge >= 0.3 is 0 Å². The van der Waals surface area contributed by atoms with Crippen LogP contribution in [0.1, 0.15) is 52.4 Å². The fourth-order valence-corrected chi connectivity index (χ4v) is 3.71. The zero-order valence-corrected chi connectivity index (χ0v) is 14.6. The number of piperidine rings is 1. The third-order valence-corrected chi connectivity index (χ3v) is 5.19. The number of hydrogen-bond acceptors (Lipinski definition) is 3. The van der Waals surface area contributed by atoms with Crippen LogP contribution in [0.5, 0.6) is 0 Å². The molecule has 0 unspecified atom stereocenters. The minimum Gasteiger partial charge on any atom is -0.311 e. The lowest BCUT2D eigenvalue weighted by Crippen LogP contribution is -2.49. The molecule has 0 spiro atoms. The van der Waals surface area contributed by atoms with Gasteiger partial charge < -0.3 is 10.2 Å². The first-order chi connectivity index (χ1) is 10.0. The quantitative estimate of drug-likeness (QED) is 0.786. The topological polar surface area (TPSA) is 18.5 Å². The molecule has 0 aromatic heterocycles. The molecule has 2 aliphatic rings. The van der Waals surface area contributed by atoms with E-state index in [9.17, 15) is 0 Å². The Hall–Kier alpha value is -0.380. The van der Waals surface area contributed by atoms with Crippen LogP contribution >= 0.6 is 0 Å². The summed E-state index contributed by atoms with van der Waals surface area (Å²) in [7, 11) is 4.46. The summed E-state index contributed by atoms with van der Waals surface area (Å²) in [6.07, 6.45) is 10.5. The van der Waals surface area contributed by atoms with Crippen molar-refractivity contribution in [2.45, 2.75) is 70.5 Å². The van der Waals surface area contributed by atoms with Crippen LogP contribution in [0.25, 0.3) is 0 Å². The molecule has 3 nitrogen and oxygen atoms in total. The van der Waals surface area contributed by atoms with Crippen molar-refractivity contribution in [3.63, 3.8) is 0 Å². The summed E-state index contributed by atoms with van der Waals surface area (Å²) in [5, 5.41) is 3.96. The number of nitrogens with one attached hydrogen (secondary N) is 1. The van der Waals surface area contributed by atoms with Crippen molar-refractivity contribution in [3.8, 4) is 0 Å². The lowest BCUT2D eigenvalue weighted by atomic mass is 9.89. The molecule has 0 bridgehead atoms. The molecular weight excluding hydrogens is 258 g/mol. The van der Waals surface area contributed by atoms with Crippen molar-refractivity contribution in [2.24, 2.45) is 0 Å². The Kier molecular flexibility index (Phi) is 6.72. The molecule has 0 radical (unpaired) electrons. The molecule has 0 aromatic carbocycles. The fourth-order valence-electron chi connectivity index (χ4n) is 3.71. The van der Waals surface area contributed by atoms with Crippen LogP contribution in [0.15, 0.2) is 11.6 Å². The Morgan fingerprint density at radius 1 is 1.10 bits per heavy atom. The first kappa shape index (κ1) is 17.0. The van der Waals surface area contributed by atoms with Gasteiger partial charge in [0.2, 0.25) is 0 Å². The molecule has 2 rings (SSSR count). The highest BCUT2D eigenvalue weighted by molar-refractivity contribution is 4.96. The zero-order chi connectivity index (χ0) is 15.2. The van der Waals surface area contributed by atoms with Gasteiger partial charge in [0.05, 0.1) is 0 Å². The number of nitrogens with zero attached hydrogens (tertiary/aromatic N) is 2. The van der Waals surface area contributed by atoms with Crippen molar-refractivity contribution in [1.82, 2.24) is 15.1 Å². The third kappa shape index (κ3) is 5.72. The van der Waals surface area contributed by atoms with Crippen LogP contribution in [0.2, 0.25) is 0 Å². The Bertz CT molecular complexity index is 325. The van der Waals surface area contributed by atoms with E-state index in [2.05, 4.69) is 49.1 Å². The molecular formula is C18H35N3. The van der Waals surface area contributed by atoms with Gasteiger partial charge in [-0.2, -0.15) is 0 Å². The van der Waals surface area contributed by atoms with Gasteiger partial charge in [0, 0.05) is 24.7 Å². The molecule has 2 atom stereocenters. The molecule has 3 heteroatoms. The molecule has 122 valence electrons. The van der Waals surface area contributed by atoms with Crippen molar-refractivity contribution in [2.75, 3.05) is 33.7 Å². The van der Waals surface area contributed by atoms with E-state index in [0.29, 0.717) is 0 Å². The fraction of sp³-hybridized carbons (Fsp3) is 0.889. The second-order valence-corrected chi connectivity index (χ2v) is 7.50. The second-order valence-electron chi connectivity index (χ2n) is 7.50. The van der Waals surface area contributed by atoms with Gasteiger partial charge in [-0.1, -0.05) is 18.1 Å². The van der Waals surface area contributed by atoms with E-state index in [1.165, 1.54) is 57.2 Å². The SMILES string of the molecule is CC(C)=CCN1CCC(N[C@H]2CCC[C@H](N(C)C)C2)CC1. The van der Waals surface area contributed by atoms with Gasteiger partial charge in [-0.25, -0.2) is 0 Å². The third-order valence-electron chi connectivity index (χ3n) is 5.19. The maximum Gasteiger partial charge on any atom is 0.0165 e. The van der Waals surface area contributed by atoms with Gasteiger partial charge in [0.1, 0.15) is 0 Å². The Labute approximate surface area is 131 Å². The van der Waals surface area contributed by atoms with E-state index in [-0.39, 0.29) is 0 Å². The first-order valence-electron chi connectivity index (χ1n) is 8.83. The van der Waals surface area contributed by atoms with Gasteiger partial charge in [-0.05, 0) is 73.1 Å².